The van der Waals surface area contributed by atoms with Gasteiger partial charge in [0.05, 0.1) is 0 Å². The third kappa shape index (κ3) is 2.32. The number of carbonyl (C=O) groups excluding carboxylic acids is 1. The second-order valence-corrected chi connectivity index (χ2v) is 5.02. The third-order valence-corrected chi connectivity index (χ3v) is 3.64. The van der Waals surface area contributed by atoms with Gasteiger partial charge in [-0.05, 0) is 33.1 Å². The molecular formula is C12H18N2O4. The Kier molecular flexibility index (Phi) is 3.54. The predicted molar refractivity (Wildman–Crippen MR) is 64.2 cm³/mol. The zero-order valence-corrected chi connectivity index (χ0v) is 10.6. The molecule has 2 heterocycles. The number of likely N-dealkylation sites (tertiary alicyclic amines) is 1. The number of hydrogen-bond acceptors (Lipinski definition) is 4. The molecule has 1 saturated heterocycles. The van der Waals surface area contributed by atoms with Gasteiger partial charge in [-0.3, -0.25) is 4.79 Å². The van der Waals surface area contributed by atoms with Crippen molar-refractivity contribution in [2.45, 2.75) is 57.7 Å². The molecule has 0 aliphatic carbocycles. The van der Waals surface area contributed by atoms with Crippen molar-refractivity contribution in [3.05, 3.63) is 0 Å². The van der Waals surface area contributed by atoms with Gasteiger partial charge in [-0.2, -0.15) is 0 Å². The molecule has 0 aromatic rings. The van der Waals surface area contributed by atoms with Crippen LogP contribution in [0, 0.1) is 0 Å². The summed E-state index contributed by atoms with van der Waals surface area (Å²) in [6, 6.07) is 0.359. The molecule has 0 bridgehead atoms. The Bertz CT molecular complexity index is 384. The van der Waals surface area contributed by atoms with Crippen LogP contribution in [-0.2, 0) is 14.4 Å². The lowest BCUT2D eigenvalue weighted by atomic mass is 9.96. The van der Waals surface area contributed by atoms with Crippen molar-refractivity contribution >= 4 is 17.6 Å². The molecule has 2 aliphatic heterocycles. The number of piperidine rings is 1. The molecule has 1 N–H and O–H groups in total. The number of aliphatic carboxylic acids is 1. The van der Waals surface area contributed by atoms with Crippen molar-refractivity contribution in [2.75, 3.05) is 0 Å². The monoisotopic (exact) mass is 254 g/mol. The lowest BCUT2D eigenvalue weighted by molar-refractivity contribution is -0.148. The molecule has 6 heteroatoms. The Morgan fingerprint density at radius 1 is 1.33 bits per heavy atom. The van der Waals surface area contributed by atoms with Gasteiger partial charge in [-0.25, -0.2) is 4.79 Å². The molecule has 3 unspecified atom stereocenters. The Labute approximate surface area is 106 Å². The van der Waals surface area contributed by atoms with E-state index in [0.29, 0.717) is 0 Å². The van der Waals surface area contributed by atoms with Crippen molar-refractivity contribution in [2.24, 2.45) is 5.16 Å². The highest BCUT2D eigenvalue weighted by atomic mass is 16.6. The standard InChI is InChI=1S/C12H18N2O4/c1-7-4-3-5-8(2)14(7)11(15)10-6-9(12(16)17)13-18-10/h7-8,10H,3-6H2,1-2H3,(H,16,17). The average molecular weight is 254 g/mol. The van der Waals surface area contributed by atoms with Gasteiger partial charge < -0.3 is 14.8 Å². The van der Waals surface area contributed by atoms with Crippen molar-refractivity contribution in [3.8, 4) is 0 Å². The molecule has 0 saturated carbocycles. The Balaban J connectivity index is 2.02. The summed E-state index contributed by atoms with van der Waals surface area (Å²) in [7, 11) is 0. The zero-order valence-electron chi connectivity index (χ0n) is 10.6. The number of rotatable bonds is 2. The van der Waals surface area contributed by atoms with Gasteiger partial charge in [0.1, 0.15) is 0 Å². The molecule has 100 valence electrons. The van der Waals surface area contributed by atoms with E-state index in [1.807, 2.05) is 18.7 Å². The van der Waals surface area contributed by atoms with Crippen LogP contribution >= 0.6 is 0 Å². The van der Waals surface area contributed by atoms with Crippen LogP contribution in [0.4, 0.5) is 0 Å². The van der Waals surface area contributed by atoms with Gasteiger partial charge in [-0.15, -0.1) is 0 Å². The van der Waals surface area contributed by atoms with Crippen LogP contribution in [0.1, 0.15) is 39.5 Å². The van der Waals surface area contributed by atoms with E-state index in [1.165, 1.54) is 0 Å². The van der Waals surface area contributed by atoms with Crippen molar-refractivity contribution in [3.63, 3.8) is 0 Å². The van der Waals surface area contributed by atoms with Crippen LogP contribution in [0.2, 0.25) is 0 Å². The normalized spacial score (nSPS) is 31.8. The highest BCUT2D eigenvalue weighted by molar-refractivity contribution is 6.36. The van der Waals surface area contributed by atoms with E-state index >= 15 is 0 Å². The zero-order chi connectivity index (χ0) is 13.3. The van der Waals surface area contributed by atoms with Crippen LogP contribution < -0.4 is 0 Å². The van der Waals surface area contributed by atoms with Crippen molar-refractivity contribution in [1.82, 2.24) is 4.90 Å². The fraction of sp³-hybridized carbons (Fsp3) is 0.750. The Morgan fingerprint density at radius 3 is 2.44 bits per heavy atom. The van der Waals surface area contributed by atoms with Gasteiger partial charge in [0.2, 0.25) is 6.10 Å². The molecule has 18 heavy (non-hydrogen) atoms. The fourth-order valence-corrected chi connectivity index (χ4v) is 2.66. The first-order valence-corrected chi connectivity index (χ1v) is 6.29. The van der Waals surface area contributed by atoms with Gasteiger partial charge in [0.25, 0.3) is 5.91 Å². The number of amides is 1. The summed E-state index contributed by atoms with van der Waals surface area (Å²) in [5.74, 6) is -1.26. The van der Waals surface area contributed by atoms with Crippen LogP contribution in [0.5, 0.6) is 0 Å². The second-order valence-electron chi connectivity index (χ2n) is 5.02. The van der Waals surface area contributed by atoms with Crippen molar-refractivity contribution in [1.29, 1.82) is 0 Å². The molecular weight excluding hydrogens is 236 g/mol. The summed E-state index contributed by atoms with van der Waals surface area (Å²) >= 11 is 0. The summed E-state index contributed by atoms with van der Waals surface area (Å²) in [6.07, 6.45) is 2.38. The summed E-state index contributed by atoms with van der Waals surface area (Å²) in [4.78, 5) is 29.8. The van der Waals surface area contributed by atoms with E-state index in [4.69, 9.17) is 9.94 Å². The summed E-state index contributed by atoms with van der Waals surface area (Å²) in [5, 5.41) is 12.2. The summed E-state index contributed by atoms with van der Waals surface area (Å²) < 4.78 is 0. The highest BCUT2D eigenvalue weighted by Crippen LogP contribution is 2.25. The smallest absolute Gasteiger partial charge is 0.353 e. The molecule has 0 spiro atoms. The van der Waals surface area contributed by atoms with Gasteiger partial charge in [0, 0.05) is 18.5 Å². The van der Waals surface area contributed by atoms with Gasteiger partial charge in [-0.1, -0.05) is 5.16 Å². The van der Waals surface area contributed by atoms with E-state index in [0.717, 1.165) is 19.3 Å². The van der Waals surface area contributed by atoms with E-state index < -0.39 is 12.1 Å². The SMILES string of the molecule is CC1CCCC(C)N1C(=O)C1CC(C(=O)O)=NO1. The minimum absolute atomic E-state index is 0.0596. The predicted octanol–water partition coefficient (Wildman–Crippen LogP) is 1.01. The average Bonchev–Trinajstić information content (AvgIpc) is 2.77. The largest absolute Gasteiger partial charge is 0.477 e. The quantitative estimate of drug-likeness (QED) is 0.797. The van der Waals surface area contributed by atoms with E-state index in [2.05, 4.69) is 5.16 Å². The number of carboxylic acid groups (broad SMARTS) is 1. The molecule has 0 aromatic heterocycles. The number of carboxylic acids is 1. The fourth-order valence-electron chi connectivity index (χ4n) is 2.66. The Hall–Kier alpha value is -1.59. The van der Waals surface area contributed by atoms with E-state index in [1.54, 1.807) is 0 Å². The maximum Gasteiger partial charge on any atom is 0.353 e. The number of nitrogens with zero attached hydrogens (tertiary/aromatic N) is 2. The minimum Gasteiger partial charge on any atom is -0.477 e. The number of hydrogen-bond donors (Lipinski definition) is 1. The summed E-state index contributed by atoms with van der Waals surface area (Å²) in [6.45, 7) is 4.03. The lowest BCUT2D eigenvalue weighted by Gasteiger charge is -2.39. The summed E-state index contributed by atoms with van der Waals surface area (Å²) in [5.41, 5.74) is -0.0781. The van der Waals surface area contributed by atoms with Crippen molar-refractivity contribution < 1.29 is 19.5 Å². The highest BCUT2D eigenvalue weighted by Gasteiger charge is 2.38. The third-order valence-electron chi connectivity index (χ3n) is 3.64. The Morgan fingerprint density at radius 2 is 1.94 bits per heavy atom. The van der Waals surface area contributed by atoms with Crippen LogP contribution in [0.15, 0.2) is 5.16 Å². The van der Waals surface area contributed by atoms with Gasteiger partial charge >= 0.3 is 5.97 Å². The van der Waals surface area contributed by atoms with E-state index in [9.17, 15) is 9.59 Å². The molecule has 2 aliphatic rings. The first-order valence-electron chi connectivity index (χ1n) is 6.29. The van der Waals surface area contributed by atoms with Crippen LogP contribution in [0.25, 0.3) is 0 Å². The lowest BCUT2D eigenvalue weighted by Crippen LogP contribution is -2.51. The molecule has 2 rings (SSSR count). The maximum absolute atomic E-state index is 12.3. The minimum atomic E-state index is -1.12. The number of oxime groups is 1. The molecule has 0 radical (unpaired) electrons. The van der Waals surface area contributed by atoms with Gasteiger partial charge in [0.15, 0.2) is 5.71 Å². The van der Waals surface area contributed by atoms with Crippen LogP contribution in [-0.4, -0.2) is 45.8 Å². The topological polar surface area (TPSA) is 79.2 Å². The number of carbonyl (C=O) groups is 2. The molecule has 1 amide bonds. The molecule has 0 aromatic carbocycles. The first kappa shape index (κ1) is 12.9. The molecule has 6 nitrogen and oxygen atoms in total. The molecule has 1 fully saturated rings. The molecule has 3 atom stereocenters. The maximum atomic E-state index is 12.3. The van der Waals surface area contributed by atoms with E-state index in [-0.39, 0.29) is 30.1 Å². The first-order chi connectivity index (χ1) is 8.50. The second kappa shape index (κ2) is 4.96. The van der Waals surface area contributed by atoms with Crippen LogP contribution in [0.3, 0.4) is 0 Å².